The van der Waals surface area contributed by atoms with Crippen LogP contribution in [-0.2, 0) is 4.74 Å². The van der Waals surface area contributed by atoms with E-state index in [0.29, 0.717) is 30.0 Å². The molecule has 1 fully saturated rings. The van der Waals surface area contributed by atoms with Gasteiger partial charge in [0.2, 0.25) is 0 Å². The number of H-pyrrole nitrogens is 1. The van der Waals surface area contributed by atoms with Crippen molar-refractivity contribution in [3.8, 4) is 6.07 Å². The van der Waals surface area contributed by atoms with Crippen molar-refractivity contribution in [3.63, 3.8) is 0 Å². The highest BCUT2D eigenvalue weighted by Crippen LogP contribution is 2.35. The molecule has 2 aromatic rings. The molecule has 0 amide bonds. The van der Waals surface area contributed by atoms with E-state index < -0.39 is 11.7 Å². The number of aromatic amines is 1. The molecule has 3 heterocycles. The second kappa shape index (κ2) is 7.30. The molecule has 0 saturated carbocycles. The van der Waals surface area contributed by atoms with Gasteiger partial charge in [0.25, 0.3) is 5.56 Å². The average molecular weight is 378 g/mol. The van der Waals surface area contributed by atoms with Crippen molar-refractivity contribution >= 4 is 40.1 Å². The van der Waals surface area contributed by atoms with Crippen LogP contribution in [0.2, 0.25) is 0 Å². The number of hydrogen-bond acceptors (Lipinski definition) is 6. The summed E-state index contributed by atoms with van der Waals surface area (Å²) in [7, 11) is 6.15. The molecule has 0 aliphatic carbocycles. The van der Waals surface area contributed by atoms with E-state index in [9.17, 15) is 15.2 Å². The quantitative estimate of drug-likeness (QED) is 0.644. The topological polar surface area (TPSA) is 102 Å². The largest absolute Gasteiger partial charge is 0.394 e. The summed E-state index contributed by atoms with van der Waals surface area (Å²) in [6, 6.07) is 3.82. The highest BCUT2D eigenvalue weighted by Gasteiger charge is 2.35. The second-order valence-corrected chi connectivity index (χ2v) is 8.77. The summed E-state index contributed by atoms with van der Waals surface area (Å²) in [6.45, 7) is 5.10. The van der Waals surface area contributed by atoms with E-state index in [1.807, 2.05) is 23.5 Å². The van der Waals surface area contributed by atoms with Crippen LogP contribution in [0.1, 0.15) is 44.1 Å². The Kier molecular flexibility index (Phi) is 5.35. The lowest BCUT2D eigenvalue weighted by molar-refractivity contribution is -0.0541. The lowest BCUT2D eigenvalue weighted by Crippen LogP contribution is -2.51. The molecule has 7 nitrogen and oxygen atoms in total. The summed E-state index contributed by atoms with van der Waals surface area (Å²) in [5.41, 5.74) is 1.10. The van der Waals surface area contributed by atoms with Crippen LogP contribution < -0.4 is 10.5 Å². The average Bonchev–Trinajstić information content (AvgIpc) is 2.59. The Balaban J connectivity index is 2.04. The van der Waals surface area contributed by atoms with E-state index in [-0.39, 0.29) is 16.5 Å². The zero-order chi connectivity index (χ0) is 20.7. The lowest BCUT2D eigenvalue weighted by atomic mass is 9.52. The van der Waals surface area contributed by atoms with Crippen LogP contribution in [-0.4, -0.2) is 62.6 Å². The van der Waals surface area contributed by atoms with Crippen LogP contribution >= 0.6 is 0 Å². The summed E-state index contributed by atoms with van der Waals surface area (Å²) in [5.74, 6) is 0. The van der Waals surface area contributed by atoms with Gasteiger partial charge in [0.1, 0.15) is 35.2 Å². The van der Waals surface area contributed by atoms with Gasteiger partial charge < -0.3 is 19.7 Å². The number of piperidine rings is 1. The number of nitriles is 1. The monoisotopic (exact) mass is 378 g/mol. The van der Waals surface area contributed by atoms with Crippen LogP contribution in [0, 0.1) is 11.3 Å². The molecule has 0 aromatic carbocycles. The van der Waals surface area contributed by atoms with Gasteiger partial charge in [-0.05, 0) is 38.1 Å². The summed E-state index contributed by atoms with van der Waals surface area (Å²) in [6.07, 6.45) is 2.38. The smallest absolute Gasteiger partial charge is 0.268 e. The van der Waals surface area contributed by atoms with Crippen molar-refractivity contribution < 1.29 is 9.84 Å². The minimum Gasteiger partial charge on any atom is -0.394 e. The first kappa shape index (κ1) is 20.5. The molecule has 144 valence electrons. The van der Waals surface area contributed by atoms with E-state index >= 15 is 0 Å². The number of anilines is 1. The van der Waals surface area contributed by atoms with Gasteiger partial charge >= 0.3 is 0 Å². The molecule has 2 N–H and O–H groups in total. The maximum Gasteiger partial charge on any atom is 0.268 e. The summed E-state index contributed by atoms with van der Waals surface area (Å²) >= 11 is 0. The number of ether oxygens (including phenoxy) is 1. The van der Waals surface area contributed by atoms with Gasteiger partial charge in [-0.2, -0.15) is 5.26 Å². The molecule has 1 unspecified atom stereocenters. The first-order valence-corrected chi connectivity index (χ1v) is 9.62. The van der Waals surface area contributed by atoms with Crippen molar-refractivity contribution in [2.24, 2.45) is 0 Å². The number of pyridine rings is 2. The second-order valence-electron chi connectivity index (χ2n) is 8.77. The molecule has 1 aliphatic rings. The number of rotatable bonds is 4. The van der Waals surface area contributed by atoms with Crippen molar-refractivity contribution in [2.75, 3.05) is 18.0 Å². The molecule has 2 aromatic heterocycles. The SMILES string of the molecule is BC(B)(B)OC1(C)CCN(c2c(C#N)c(=O)[nH]c3cnc(C(C)O)cc23)CC1. The number of nitrogens with one attached hydrogen (secondary N) is 1. The standard InChI is InChI=1S/C18H25B3N4O3/c1-10(26)13-7-11-14(9-23-13)24-16(27)12(8-22)15(11)25-5-3-17(2,4-6-25)28-18(19,20)21/h7,9-10,26H,3-6,19-21H2,1-2H3,(H,24,27). The van der Waals surface area contributed by atoms with Gasteiger partial charge in [-0.25, -0.2) is 0 Å². The van der Waals surface area contributed by atoms with Crippen molar-refractivity contribution in [1.82, 2.24) is 9.97 Å². The Labute approximate surface area is 167 Å². The van der Waals surface area contributed by atoms with Gasteiger partial charge in [0.15, 0.2) is 0 Å². The molecule has 0 bridgehead atoms. The minimum atomic E-state index is -0.737. The number of hydrogen-bond donors (Lipinski definition) is 2. The van der Waals surface area contributed by atoms with Crippen molar-refractivity contribution in [2.45, 2.75) is 43.7 Å². The Hall–Kier alpha value is -2.24. The normalized spacial score (nSPS) is 18.0. The van der Waals surface area contributed by atoms with E-state index in [1.165, 1.54) is 0 Å². The molecule has 10 heteroatoms. The summed E-state index contributed by atoms with van der Waals surface area (Å²) in [5, 5.41) is 20.0. The highest BCUT2D eigenvalue weighted by atomic mass is 16.5. The summed E-state index contributed by atoms with van der Waals surface area (Å²) < 4.78 is 6.27. The molecule has 0 spiro atoms. The number of aliphatic hydroxyl groups is 1. The van der Waals surface area contributed by atoms with Gasteiger partial charge in [0, 0.05) is 18.5 Å². The molecule has 1 atom stereocenters. The third kappa shape index (κ3) is 4.11. The summed E-state index contributed by atoms with van der Waals surface area (Å²) in [4.78, 5) is 21.5. The maximum absolute atomic E-state index is 12.5. The zero-order valence-corrected chi connectivity index (χ0v) is 17.2. The zero-order valence-electron chi connectivity index (χ0n) is 17.2. The fraction of sp³-hybridized carbons (Fsp3) is 0.500. The lowest BCUT2D eigenvalue weighted by Gasteiger charge is -2.44. The Morgan fingerprint density at radius 2 is 2.07 bits per heavy atom. The van der Waals surface area contributed by atoms with Gasteiger partial charge in [-0.1, -0.05) is 0 Å². The minimum absolute atomic E-state index is 0.0931. The maximum atomic E-state index is 12.5. The number of aliphatic hydroxyl groups excluding tert-OH is 1. The first-order valence-electron chi connectivity index (χ1n) is 9.62. The van der Waals surface area contributed by atoms with Gasteiger partial charge in [-0.3, -0.25) is 9.78 Å². The molecular weight excluding hydrogens is 353 g/mol. The predicted octanol–water partition coefficient (Wildman–Crippen LogP) is -1.27. The molecule has 1 saturated heterocycles. The molecule has 0 radical (unpaired) electrons. The van der Waals surface area contributed by atoms with Crippen LogP contribution in [0.4, 0.5) is 5.69 Å². The van der Waals surface area contributed by atoms with Crippen LogP contribution in [0.3, 0.4) is 0 Å². The van der Waals surface area contributed by atoms with Crippen LogP contribution in [0.15, 0.2) is 17.1 Å². The van der Waals surface area contributed by atoms with Gasteiger partial charge in [-0.15, -0.1) is 0 Å². The molecule has 28 heavy (non-hydrogen) atoms. The molecular formula is C18H25B3N4O3. The number of fused-ring (bicyclic) bond motifs is 1. The van der Waals surface area contributed by atoms with Crippen molar-refractivity contribution in [3.05, 3.63) is 33.9 Å². The first-order chi connectivity index (χ1) is 13.0. The third-order valence-electron chi connectivity index (χ3n) is 5.12. The van der Waals surface area contributed by atoms with Crippen molar-refractivity contribution in [1.29, 1.82) is 5.26 Å². The fourth-order valence-electron chi connectivity index (χ4n) is 3.90. The Morgan fingerprint density at radius 1 is 1.43 bits per heavy atom. The molecule has 1 aliphatic heterocycles. The van der Waals surface area contributed by atoms with E-state index in [1.54, 1.807) is 19.2 Å². The fourth-order valence-corrected chi connectivity index (χ4v) is 3.90. The Morgan fingerprint density at radius 3 is 2.61 bits per heavy atom. The van der Waals surface area contributed by atoms with Crippen LogP contribution in [0.25, 0.3) is 10.9 Å². The van der Waals surface area contributed by atoms with E-state index in [4.69, 9.17) is 4.74 Å². The Bertz CT molecular complexity index is 986. The predicted molar refractivity (Wildman–Crippen MR) is 117 cm³/mol. The highest BCUT2D eigenvalue weighted by molar-refractivity contribution is 6.58. The third-order valence-corrected chi connectivity index (χ3v) is 5.12. The van der Waals surface area contributed by atoms with E-state index in [0.717, 1.165) is 18.2 Å². The number of aromatic nitrogens is 2. The van der Waals surface area contributed by atoms with Crippen LogP contribution in [0.5, 0.6) is 0 Å². The molecule has 3 rings (SSSR count). The number of nitrogens with zero attached hydrogens (tertiary/aromatic N) is 3. The van der Waals surface area contributed by atoms with Gasteiger partial charge in [0.05, 0.1) is 34.8 Å². The van der Waals surface area contributed by atoms with E-state index in [2.05, 4.69) is 27.9 Å².